The normalized spacial score (nSPS) is 32.5. The number of phenolic OH excluding ortho intramolecular Hbond substituents is 1. The zero-order chi connectivity index (χ0) is 18.5. The average molecular weight is 357 g/mol. The van der Waals surface area contributed by atoms with Crippen molar-refractivity contribution in [1.82, 2.24) is 4.90 Å². The van der Waals surface area contributed by atoms with E-state index in [4.69, 9.17) is 4.74 Å². The Bertz CT molecular complexity index is 633. The number of ether oxygens (including phenoxy) is 1. The highest BCUT2D eigenvalue weighted by Crippen LogP contribution is 2.55. The van der Waals surface area contributed by atoms with Crippen LogP contribution in [0.25, 0.3) is 0 Å². The first-order valence-electron chi connectivity index (χ1n) is 10.1. The van der Waals surface area contributed by atoms with Crippen molar-refractivity contribution in [2.75, 3.05) is 0 Å². The van der Waals surface area contributed by atoms with Crippen LogP contribution in [-0.2, 0) is 11.3 Å². The molecule has 0 aliphatic heterocycles. The molecule has 0 heterocycles. The standard InChI is InChI=1S/C22H31NO3/c1-22(2,3)26-21(25)23(13-14-4-6-19(24)7-5-14)20-17-9-15-8-16(11-17)12-18(20)10-15/h4-7,15-18,20,24H,8-13H2,1-3H3. The summed E-state index contributed by atoms with van der Waals surface area (Å²) in [6, 6.07) is 7.50. The first-order valence-corrected chi connectivity index (χ1v) is 10.1. The number of nitrogens with zero attached hydrogens (tertiary/aromatic N) is 1. The summed E-state index contributed by atoms with van der Waals surface area (Å²) in [5.74, 6) is 3.25. The highest BCUT2D eigenvalue weighted by Gasteiger charge is 2.51. The summed E-state index contributed by atoms with van der Waals surface area (Å²) in [5, 5.41) is 9.56. The quantitative estimate of drug-likeness (QED) is 0.832. The van der Waals surface area contributed by atoms with Crippen molar-refractivity contribution in [3.8, 4) is 5.75 Å². The van der Waals surface area contributed by atoms with Crippen LogP contribution in [0.4, 0.5) is 4.79 Å². The minimum Gasteiger partial charge on any atom is -0.508 e. The Morgan fingerprint density at radius 1 is 1.04 bits per heavy atom. The molecule has 4 aliphatic carbocycles. The fourth-order valence-electron chi connectivity index (χ4n) is 5.82. The second-order valence-corrected chi connectivity index (χ2v) is 9.70. The van der Waals surface area contributed by atoms with Crippen molar-refractivity contribution in [3.63, 3.8) is 0 Å². The van der Waals surface area contributed by atoms with Crippen LogP contribution in [0, 0.1) is 23.7 Å². The first-order chi connectivity index (χ1) is 12.3. The van der Waals surface area contributed by atoms with Gasteiger partial charge in [0.05, 0.1) is 0 Å². The number of hydrogen-bond acceptors (Lipinski definition) is 3. The third kappa shape index (κ3) is 3.56. The Morgan fingerprint density at radius 3 is 2.08 bits per heavy atom. The number of aromatic hydroxyl groups is 1. The van der Waals surface area contributed by atoms with Gasteiger partial charge < -0.3 is 14.7 Å². The van der Waals surface area contributed by atoms with Gasteiger partial charge in [-0.15, -0.1) is 0 Å². The van der Waals surface area contributed by atoms with E-state index in [2.05, 4.69) is 0 Å². The second-order valence-electron chi connectivity index (χ2n) is 9.70. The van der Waals surface area contributed by atoms with E-state index in [1.165, 1.54) is 32.1 Å². The van der Waals surface area contributed by atoms with Gasteiger partial charge in [0, 0.05) is 12.6 Å². The van der Waals surface area contributed by atoms with Gasteiger partial charge in [0.25, 0.3) is 0 Å². The van der Waals surface area contributed by atoms with E-state index in [9.17, 15) is 9.90 Å². The fraction of sp³-hybridized carbons (Fsp3) is 0.682. The lowest BCUT2D eigenvalue weighted by atomic mass is 9.54. The molecule has 0 aromatic heterocycles. The number of rotatable bonds is 3. The number of amides is 1. The molecule has 26 heavy (non-hydrogen) atoms. The highest BCUT2D eigenvalue weighted by molar-refractivity contribution is 5.69. The average Bonchev–Trinajstić information content (AvgIpc) is 2.53. The van der Waals surface area contributed by atoms with Crippen molar-refractivity contribution >= 4 is 6.09 Å². The zero-order valence-corrected chi connectivity index (χ0v) is 16.1. The molecule has 4 bridgehead atoms. The van der Waals surface area contributed by atoms with Gasteiger partial charge in [0.2, 0.25) is 0 Å². The van der Waals surface area contributed by atoms with Crippen LogP contribution < -0.4 is 0 Å². The molecule has 1 aromatic carbocycles. The molecular formula is C22H31NO3. The van der Waals surface area contributed by atoms with Crippen molar-refractivity contribution in [1.29, 1.82) is 0 Å². The number of carbonyl (C=O) groups is 1. The van der Waals surface area contributed by atoms with Crippen LogP contribution in [-0.4, -0.2) is 27.7 Å². The van der Waals surface area contributed by atoms with Crippen LogP contribution in [0.1, 0.15) is 58.4 Å². The fourth-order valence-corrected chi connectivity index (χ4v) is 5.82. The molecule has 1 amide bonds. The van der Waals surface area contributed by atoms with Gasteiger partial charge in [-0.05, 0) is 94.2 Å². The SMILES string of the molecule is CC(C)(C)OC(=O)N(Cc1ccc(O)cc1)C1C2CC3CC(C2)CC1C3. The Hall–Kier alpha value is -1.71. The molecule has 4 nitrogen and oxygen atoms in total. The maximum atomic E-state index is 13.1. The predicted octanol–water partition coefficient (Wildman–Crippen LogP) is 4.95. The number of hydrogen-bond donors (Lipinski definition) is 1. The van der Waals surface area contributed by atoms with E-state index in [-0.39, 0.29) is 11.8 Å². The van der Waals surface area contributed by atoms with Gasteiger partial charge in [-0.25, -0.2) is 4.79 Å². The Morgan fingerprint density at radius 2 is 1.58 bits per heavy atom. The molecule has 4 heteroatoms. The minimum atomic E-state index is -0.490. The lowest BCUT2D eigenvalue weighted by molar-refractivity contribution is -0.0730. The van der Waals surface area contributed by atoms with E-state index in [1.54, 1.807) is 12.1 Å². The summed E-state index contributed by atoms with van der Waals surface area (Å²) in [7, 11) is 0. The van der Waals surface area contributed by atoms with Crippen LogP contribution in [0.3, 0.4) is 0 Å². The molecule has 4 aliphatic rings. The maximum absolute atomic E-state index is 13.1. The molecule has 4 saturated carbocycles. The molecule has 142 valence electrons. The number of carbonyl (C=O) groups excluding carboxylic acids is 1. The monoisotopic (exact) mass is 357 g/mol. The topological polar surface area (TPSA) is 49.8 Å². The lowest BCUT2D eigenvalue weighted by Gasteiger charge is -2.57. The Balaban J connectivity index is 1.59. The van der Waals surface area contributed by atoms with E-state index in [0.29, 0.717) is 24.4 Å². The van der Waals surface area contributed by atoms with Crippen molar-refractivity contribution < 1.29 is 14.6 Å². The molecule has 0 saturated heterocycles. The maximum Gasteiger partial charge on any atom is 0.410 e. The third-order valence-electron chi connectivity index (χ3n) is 6.45. The lowest BCUT2D eigenvalue weighted by Crippen LogP contribution is -2.57. The number of benzene rings is 1. The summed E-state index contributed by atoms with van der Waals surface area (Å²) in [4.78, 5) is 15.1. The Kier molecular flexibility index (Phi) is 4.40. The first kappa shape index (κ1) is 17.7. The van der Waals surface area contributed by atoms with Crippen LogP contribution in [0.5, 0.6) is 5.75 Å². The Labute approximate surface area is 156 Å². The van der Waals surface area contributed by atoms with Gasteiger partial charge in [0.1, 0.15) is 11.4 Å². The summed E-state index contributed by atoms with van der Waals surface area (Å²) in [6.07, 6.45) is 6.30. The molecule has 0 radical (unpaired) electrons. The summed E-state index contributed by atoms with van der Waals surface area (Å²) in [5.41, 5.74) is 0.554. The summed E-state index contributed by atoms with van der Waals surface area (Å²) < 4.78 is 5.79. The van der Waals surface area contributed by atoms with Crippen molar-refractivity contribution in [2.24, 2.45) is 23.7 Å². The third-order valence-corrected chi connectivity index (χ3v) is 6.45. The van der Waals surface area contributed by atoms with Gasteiger partial charge in [0.15, 0.2) is 0 Å². The van der Waals surface area contributed by atoms with Gasteiger partial charge in [-0.1, -0.05) is 12.1 Å². The van der Waals surface area contributed by atoms with Crippen molar-refractivity contribution in [2.45, 2.75) is 71.1 Å². The van der Waals surface area contributed by atoms with Gasteiger partial charge in [-0.3, -0.25) is 0 Å². The van der Waals surface area contributed by atoms with E-state index >= 15 is 0 Å². The molecule has 0 spiro atoms. The van der Waals surface area contributed by atoms with Crippen LogP contribution in [0.2, 0.25) is 0 Å². The molecule has 4 fully saturated rings. The zero-order valence-electron chi connectivity index (χ0n) is 16.1. The summed E-state index contributed by atoms with van der Waals surface area (Å²) in [6.45, 7) is 6.35. The highest BCUT2D eigenvalue weighted by atomic mass is 16.6. The van der Waals surface area contributed by atoms with E-state index in [0.717, 1.165) is 17.4 Å². The second kappa shape index (κ2) is 6.47. The molecule has 0 atom stereocenters. The largest absolute Gasteiger partial charge is 0.508 e. The molecule has 5 rings (SSSR count). The predicted molar refractivity (Wildman–Crippen MR) is 101 cm³/mol. The van der Waals surface area contributed by atoms with E-state index < -0.39 is 5.60 Å². The van der Waals surface area contributed by atoms with Crippen molar-refractivity contribution in [3.05, 3.63) is 29.8 Å². The van der Waals surface area contributed by atoms with E-state index in [1.807, 2.05) is 37.8 Å². The van der Waals surface area contributed by atoms with Gasteiger partial charge >= 0.3 is 6.09 Å². The van der Waals surface area contributed by atoms with Crippen LogP contribution in [0.15, 0.2) is 24.3 Å². The molecule has 1 N–H and O–H groups in total. The minimum absolute atomic E-state index is 0.192. The van der Waals surface area contributed by atoms with Gasteiger partial charge in [-0.2, -0.15) is 0 Å². The molecule has 1 aromatic rings. The van der Waals surface area contributed by atoms with Crippen LogP contribution >= 0.6 is 0 Å². The molecular weight excluding hydrogens is 326 g/mol. The molecule has 0 unspecified atom stereocenters. The smallest absolute Gasteiger partial charge is 0.410 e. The number of phenols is 1. The summed E-state index contributed by atoms with van der Waals surface area (Å²) >= 11 is 0.